The van der Waals surface area contributed by atoms with E-state index in [4.69, 9.17) is 18.9 Å². The van der Waals surface area contributed by atoms with Gasteiger partial charge in [-0.25, -0.2) is 9.59 Å². The molecular weight excluding hydrogens is 572 g/mol. The Morgan fingerprint density at radius 3 is 2.13 bits per heavy atom. The number of hydrogen-bond donors (Lipinski definition) is 0. The summed E-state index contributed by atoms with van der Waals surface area (Å²) in [5.74, 6) is 1.18. The largest absolute Gasteiger partial charge is 0.484 e. The quantitative estimate of drug-likeness (QED) is 0.206. The molecule has 1 fully saturated rings. The van der Waals surface area contributed by atoms with E-state index in [9.17, 15) is 9.59 Å². The van der Waals surface area contributed by atoms with Crippen molar-refractivity contribution in [1.82, 2.24) is 19.0 Å². The highest BCUT2D eigenvalue weighted by Gasteiger charge is 2.35. The number of aromatic nitrogens is 3. The van der Waals surface area contributed by atoms with Crippen molar-refractivity contribution in [2.75, 3.05) is 13.1 Å². The molecule has 0 atom stereocenters. The number of ether oxygens (including phenoxy) is 4. The van der Waals surface area contributed by atoms with Crippen molar-refractivity contribution >= 4 is 17.1 Å². The lowest BCUT2D eigenvalue weighted by Gasteiger charge is -2.39. The van der Waals surface area contributed by atoms with Crippen LogP contribution in [0, 0.1) is 0 Å². The van der Waals surface area contributed by atoms with Crippen LogP contribution in [0.2, 0.25) is 0 Å². The van der Waals surface area contributed by atoms with Gasteiger partial charge < -0.3 is 23.8 Å². The zero-order valence-corrected chi connectivity index (χ0v) is 25.8. The van der Waals surface area contributed by atoms with Crippen LogP contribution in [0.4, 0.5) is 4.79 Å². The number of aryl methyl sites for hydroxylation is 1. The number of amides is 1. The highest BCUT2D eigenvalue weighted by molar-refractivity contribution is 5.84. The Morgan fingerprint density at radius 2 is 1.49 bits per heavy atom. The molecule has 10 nitrogen and oxygen atoms in total. The summed E-state index contributed by atoms with van der Waals surface area (Å²) >= 11 is 0. The number of hydrogen-bond acceptors (Lipinski definition) is 7. The first-order valence-corrected chi connectivity index (χ1v) is 14.9. The standard InChI is InChI=1S/C35H36N4O6/c1-35(2,3)45-34(41)38-20-26(21-38)44-29-17-11-16-27-31(29)37(4)33(40)39(27)28-18-19-30(42-22-24-12-7-5-8-13-24)36-32(28)43-23-25-14-9-6-10-15-25/h5-19,26H,20-23H2,1-4H3. The number of fused-ring (bicyclic) bond motifs is 1. The van der Waals surface area contributed by atoms with Crippen molar-refractivity contribution in [3.05, 3.63) is 113 Å². The second kappa shape index (κ2) is 12.4. The first-order valence-electron chi connectivity index (χ1n) is 14.9. The van der Waals surface area contributed by atoms with Gasteiger partial charge in [0.05, 0.1) is 18.6 Å². The molecular formula is C35H36N4O6. The summed E-state index contributed by atoms with van der Waals surface area (Å²) in [4.78, 5) is 32.5. The minimum atomic E-state index is -0.569. The van der Waals surface area contributed by atoms with Crippen LogP contribution < -0.4 is 19.9 Å². The van der Waals surface area contributed by atoms with Gasteiger partial charge in [0.1, 0.15) is 41.9 Å². The van der Waals surface area contributed by atoms with Gasteiger partial charge in [-0.2, -0.15) is 4.98 Å². The maximum absolute atomic E-state index is 13.8. The fraction of sp³-hybridized carbons (Fsp3) is 0.286. The molecule has 0 saturated carbocycles. The average Bonchev–Trinajstić information content (AvgIpc) is 3.26. The number of likely N-dealkylation sites (tertiary alicyclic amines) is 1. The topological polar surface area (TPSA) is 97.0 Å². The van der Waals surface area contributed by atoms with E-state index in [-0.39, 0.29) is 30.4 Å². The zero-order chi connectivity index (χ0) is 31.6. The van der Waals surface area contributed by atoms with Gasteiger partial charge >= 0.3 is 11.8 Å². The first-order chi connectivity index (χ1) is 21.7. The van der Waals surface area contributed by atoms with Crippen molar-refractivity contribution in [2.45, 2.75) is 45.7 Å². The van der Waals surface area contributed by atoms with Crippen molar-refractivity contribution in [3.8, 4) is 23.2 Å². The SMILES string of the molecule is Cn1c(=O)n(-c2ccc(OCc3ccccc3)nc2OCc2ccccc2)c2cccc(OC3CN(C(=O)OC(C)(C)C)C3)c21. The van der Waals surface area contributed by atoms with Crippen LogP contribution in [0.1, 0.15) is 31.9 Å². The Morgan fingerprint density at radius 1 is 0.844 bits per heavy atom. The van der Waals surface area contributed by atoms with Crippen LogP contribution in [-0.4, -0.2) is 49.9 Å². The zero-order valence-electron chi connectivity index (χ0n) is 25.8. The van der Waals surface area contributed by atoms with E-state index < -0.39 is 5.60 Å². The van der Waals surface area contributed by atoms with Gasteiger partial charge in [-0.3, -0.25) is 9.13 Å². The number of nitrogens with zero attached hydrogens (tertiary/aromatic N) is 4. The third kappa shape index (κ3) is 6.64. The van der Waals surface area contributed by atoms with Gasteiger partial charge in [0.2, 0.25) is 11.8 Å². The van der Waals surface area contributed by atoms with Gasteiger partial charge in [0.25, 0.3) is 0 Å². The molecule has 1 aliphatic rings. The van der Waals surface area contributed by atoms with Crippen molar-refractivity contribution < 1.29 is 23.7 Å². The molecule has 0 spiro atoms. The summed E-state index contributed by atoms with van der Waals surface area (Å²) in [5.41, 5.74) is 2.85. The van der Waals surface area contributed by atoms with E-state index >= 15 is 0 Å². The Balaban J connectivity index is 1.30. The Labute approximate surface area is 261 Å². The lowest BCUT2D eigenvalue weighted by molar-refractivity contribution is -0.0218. The van der Waals surface area contributed by atoms with Gasteiger partial charge in [-0.1, -0.05) is 66.7 Å². The summed E-state index contributed by atoms with van der Waals surface area (Å²) in [6.45, 7) is 6.90. The molecule has 1 amide bonds. The van der Waals surface area contributed by atoms with E-state index in [1.165, 1.54) is 0 Å². The maximum Gasteiger partial charge on any atom is 0.410 e. The van der Waals surface area contributed by atoms with E-state index in [1.807, 2.05) is 99.6 Å². The van der Waals surface area contributed by atoms with E-state index in [0.717, 1.165) is 11.1 Å². The summed E-state index contributed by atoms with van der Waals surface area (Å²) < 4.78 is 27.1. The smallest absolute Gasteiger partial charge is 0.410 e. The molecule has 1 saturated heterocycles. The summed E-state index contributed by atoms with van der Waals surface area (Å²) in [6.07, 6.45) is -0.597. The maximum atomic E-state index is 13.8. The van der Waals surface area contributed by atoms with E-state index in [2.05, 4.69) is 4.98 Å². The summed E-state index contributed by atoms with van der Waals surface area (Å²) in [5, 5.41) is 0. The van der Waals surface area contributed by atoms with Crippen LogP contribution >= 0.6 is 0 Å². The highest BCUT2D eigenvalue weighted by Crippen LogP contribution is 2.32. The molecule has 10 heteroatoms. The third-order valence-electron chi connectivity index (χ3n) is 7.33. The molecule has 2 aromatic heterocycles. The molecule has 0 aliphatic carbocycles. The van der Waals surface area contributed by atoms with Gasteiger partial charge in [0, 0.05) is 13.1 Å². The van der Waals surface area contributed by atoms with E-state index in [1.54, 1.807) is 33.2 Å². The molecule has 45 heavy (non-hydrogen) atoms. The van der Waals surface area contributed by atoms with Crippen molar-refractivity contribution in [2.24, 2.45) is 7.05 Å². The van der Waals surface area contributed by atoms with Crippen LogP contribution in [-0.2, 0) is 25.0 Å². The number of carbonyl (C=O) groups excluding carboxylic acids is 1. The van der Waals surface area contributed by atoms with Crippen molar-refractivity contribution in [3.63, 3.8) is 0 Å². The second-order valence-electron chi connectivity index (χ2n) is 11.9. The normalized spacial score (nSPS) is 13.4. The minimum Gasteiger partial charge on any atom is -0.484 e. The average molecular weight is 609 g/mol. The summed E-state index contributed by atoms with van der Waals surface area (Å²) in [6, 6.07) is 28.6. The number of para-hydroxylation sites is 1. The number of rotatable bonds is 9. The van der Waals surface area contributed by atoms with E-state index in [0.29, 0.717) is 48.0 Å². The number of benzene rings is 3. The Kier molecular flexibility index (Phi) is 8.21. The van der Waals surface area contributed by atoms with Crippen molar-refractivity contribution in [1.29, 1.82) is 0 Å². The van der Waals surface area contributed by atoms with Crippen LogP contribution in [0.5, 0.6) is 17.5 Å². The lowest BCUT2D eigenvalue weighted by Crippen LogP contribution is -2.57. The molecule has 5 aromatic rings. The predicted molar refractivity (Wildman–Crippen MR) is 170 cm³/mol. The first kappa shape index (κ1) is 29.8. The predicted octanol–water partition coefficient (Wildman–Crippen LogP) is 5.88. The summed E-state index contributed by atoms with van der Waals surface area (Å²) in [7, 11) is 1.71. The molecule has 0 unspecified atom stereocenters. The molecule has 0 radical (unpaired) electrons. The minimum absolute atomic E-state index is 0.228. The third-order valence-corrected chi connectivity index (χ3v) is 7.33. The van der Waals surface area contributed by atoms with Crippen LogP contribution in [0.3, 0.4) is 0 Å². The molecule has 232 valence electrons. The molecule has 0 N–H and O–H groups in total. The number of pyridine rings is 1. The molecule has 0 bridgehead atoms. The van der Waals surface area contributed by atoms with Gasteiger partial charge in [-0.15, -0.1) is 0 Å². The number of imidazole rings is 1. The van der Waals surface area contributed by atoms with Crippen LogP contribution in [0.25, 0.3) is 16.7 Å². The van der Waals surface area contributed by atoms with Gasteiger partial charge in [-0.05, 0) is 50.1 Å². The second-order valence-corrected chi connectivity index (χ2v) is 11.9. The lowest BCUT2D eigenvalue weighted by atomic mass is 10.1. The number of carbonyl (C=O) groups is 1. The Hall–Kier alpha value is -5.25. The fourth-order valence-corrected chi connectivity index (χ4v) is 5.10. The van der Waals surface area contributed by atoms with Gasteiger partial charge in [0.15, 0.2) is 0 Å². The molecule has 3 heterocycles. The Bertz CT molecular complexity index is 1850. The molecule has 1 aliphatic heterocycles. The molecule has 3 aromatic carbocycles. The highest BCUT2D eigenvalue weighted by atomic mass is 16.6. The monoisotopic (exact) mass is 608 g/mol. The van der Waals surface area contributed by atoms with Crippen LogP contribution in [0.15, 0.2) is 95.8 Å². The fourth-order valence-electron chi connectivity index (χ4n) is 5.10. The molecule has 6 rings (SSSR count).